The number of rotatable bonds is 3. The van der Waals surface area contributed by atoms with Crippen LogP contribution in [0.4, 0.5) is 13.2 Å². The van der Waals surface area contributed by atoms with Crippen LogP contribution in [-0.2, 0) is 12.6 Å². The highest BCUT2D eigenvalue weighted by atomic mass is 19.4. The number of nitrogens with zero attached hydrogens (tertiary/aromatic N) is 2. The van der Waals surface area contributed by atoms with Crippen LogP contribution in [0.15, 0.2) is 65.8 Å². The average Bonchev–Trinajstić information content (AvgIpc) is 3.55. The highest BCUT2D eigenvalue weighted by Crippen LogP contribution is 2.43. The Morgan fingerprint density at radius 2 is 1.84 bits per heavy atom. The van der Waals surface area contributed by atoms with Crippen LogP contribution >= 0.6 is 0 Å². The van der Waals surface area contributed by atoms with Crippen molar-refractivity contribution in [3.8, 4) is 11.1 Å². The number of nitrogens with one attached hydrogen (secondary N) is 1. The van der Waals surface area contributed by atoms with Gasteiger partial charge in [0, 0.05) is 29.9 Å². The van der Waals surface area contributed by atoms with Gasteiger partial charge in [-0.05, 0) is 60.2 Å². The Bertz CT molecular complexity index is 1250. The Kier molecular flexibility index (Phi) is 4.84. The first-order chi connectivity index (χ1) is 15.3. The van der Waals surface area contributed by atoms with Gasteiger partial charge in [0.05, 0.1) is 23.0 Å². The third kappa shape index (κ3) is 3.68. The number of aromatic nitrogens is 1. The van der Waals surface area contributed by atoms with Gasteiger partial charge in [-0.25, -0.2) is 0 Å². The summed E-state index contributed by atoms with van der Waals surface area (Å²) in [6, 6.07) is 14.4. The van der Waals surface area contributed by atoms with Gasteiger partial charge >= 0.3 is 6.18 Å². The number of pyridine rings is 1. The van der Waals surface area contributed by atoms with Gasteiger partial charge in [-0.1, -0.05) is 24.3 Å². The van der Waals surface area contributed by atoms with E-state index in [0.29, 0.717) is 22.8 Å². The molecule has 2 heterocycles. The zero-order chi connectivity index (χ0) is 22.5. The van der Waals surface area contributed by atoms with E-state index in [-0.39, 0.29) is 11.9 Å². The summed E-state index contributed by atoms with van der Waals surface area (Å²) < 4.78 is 40.2. The summed E-state index contributed by atoms with van der Waals surface area (Å²) in [6.07, 6.45) is -1.08. The van der Waals surface area contributed by atoms with Crippen molar-refractivity contribution in [2.45, 2.75) is 25.1 Å². The summed E-state index contributed by atoms with van der Waals surface area (Å²) in [4.78, 5) is 21.6. The molecule has 5 rings (SSSR count). The van der Waals surface area contributed by atoms with Crippen molar-refractivity contribution < 1.29 is 18.0 Å². The quantitative estimate of drug-likeness (QED) is 0.636. The Balaban J connectivity index is 1.70. The van der Waals surface area contributed by atoms with Gasteiger partial charge in [-0.15, -0.1) is 0 Å². The van der Waals surface area contributed by atoms with Crippen LogP contribution in [0.5, 0.6) is 0 Å². The Hall–Kier alpha value is -3.48. The maximum Gasteiger partial charge on any atom is 0.416 e. The Morgan fingerprint density at radius 1 is 1.06 bits per heavy atom. The fourth-order valence-electron chi connectivity index (χ4n) is 4.29. The van der Waals surface area contributed by atoms with Gasteiger partial charge in [-0.2, -0.15) is 13.2 Å². The third-order valence-corrected chi connectivity index (χ3v) is 6.03. The second kappa shape index (κ2) is 7.58. The summed E-state index contributed by atoms with van der Waals surface area (Å²) in [5, 5.41) is 2.62. The van der Waals surface area contributed by atoms with Crippen LogP contribution in [-0.4, -0.2) is 29.7 Å². The molecular formula is C25H20F3N3O. The largest absolute Gasteiger partial charge is 0.416 e. The number of benzene rings is 2. The molecule has 162 valence electrons. The number of carbonyl (C=O) groups is 1. The number of alkyl halides is 3. The van der Waals surface area contributed by atoms with Crippen molar-refractivity contribution in [1.29, 1.82) is 0 Å². The molecule has 1 aromatic heterocycles. The molecule has 1 fully saturated rings. The molecular weight excluding hydrogens is 415 g/mol. The molecule has 1 amide bonds. The molecule has 1 N–H and O–H groups in total. The van der Waals surface area contributed by atoms with E-state index in [0.717, 1.165) is 47.4 Å². The maximum atomic E-state index is 13.4. The summed E-state index contributed by atoms with van der Waals surface area (Å²) in [5.41, 5.74) is 3.92. The predicted octanol–water partition coefficient (Wildman–Crippen LogP) is 4.91. The van der Waals surface area contributed by atoms with E-state index in [1.807, 2.05) is 12.1 Å². The van der Waals surface area contributed by atoms with Crippen molar-refractivity contribution in [3.63, 3.8) is 0 Å². The van der Waals surface area contributed by atoms with Crippen LogP contribution in [0, 0.1) is 5.92 Å². The fourth-order valence-corrected chi connectivity index (χ4v) is 4.29. The van der Waals surface area contributed by atoms with Crippen LogP contribution in [0.3, 0.4) is 0 Å². The first kappa shape index (κ1) is 20.4. The lowest BCUT2D eigenvalue weighted by Gasteiger charge is -2.17. The first-order valence-corrected chi connectivity index (χ1v) is 10.4. The van der Waals surface area contributed by atoms with Gasteiger partial charge in [0.15, 0.2) is 0 Å². The molecule has 2 atom stereocenters. The molecule has 0 bridgehead atoms. The van der Waals surface area contributed by atoms with Gasteiger partial charge in [-0.3, -0.25) is 14.8 Å². The second-order valence-electron chi connectivity index (χ2n) is 8.16. The van der Waals surface area contributed by atoms with Crippen LogP contribution in [0.1, 0.15) is 39.2 Å². The Labute approximate surface area is 183 Å². The molecule has 7 heteroatoms. The van der Waals surface area contributed by atoms with Crippen molar-refractivity contribution in [3.05, 3.63) is 88.7 Å². The minimum absolute atomic E-state index is 0.0961. The second-order valence-corrected chi connectivity index (χ2v) is 8.16. The van der Waals surface area contributed by atoms with Gasteiger partial charge < -0.3 is 5.32 Å². The SMILES string of the molecule is CNC(=O)c1cccc(-c2ccnc3c2C(c2cccc(C(F)(F)F)c2)=NC2CC2C3)c1. The number of halogens is 3. The molecule has 0 spiro atoms. The molecule has 1 aliphatic heterocycles. The standard InChI is InChI=1S/C25H20F3N3O/c1-29-24(32)16-6-2-4-14(10-16)19-8-9-30-21-13-17-12-20(17)31-23(22(19)21)15-5-3-7-18(11-15)25(26,27)28/h2-11,17,20H,12-13H2,1H3,(H,29,32). The van der Waals surface area contributed by atoms with E-state index in [4.69, 9.17) is 4.99 Å². The monoisotopic (exact) mass is 435 g/mol. The molecule has 2 aliphatic rings. The van der Waals surface area contributed by atoms with Gasteiger partial charge in [0.1, 0.15) is 0 Å². The fraction of sp³-hybridized carbons (Fsp3) is 0.240. The molecule has 2 aromatic carbocycles. The lowest BCUT2D eigenvalue weighted by molar-refractivity contribution is -0.137. The van der Waals surface area contributed by atoms with E-state index < -0.39 is 11.7 Å². The Morgan fingerprint density at radius 3 is 2.62 bits per heavy atom. The lowest BCUT2D eigenvalue weighted by atomic mass is 9.90. The molecule has 1 saturated carbocycles. The normalized spacial score (nSPS) is 19.3. The topological polar surface area (TPSA) is 54.4 Å². The van der Waals surface area contributed by atoms with Gasteiger partial charge in [0.25, 0.3) is 5.91 Å². The molecule has 0 radical (unpaired) electrons. The summed E-state index contributed by atoms with van der Waals surface area (Å²) in [5.74, 6) is 0.150. The zero-order valence-corrected chi connectivity index (χ0v) is 17.3. The molecule has 32 heavy (non-hydrogen) atoms. The minimum Gasteiger partial charge on any atom is -0.355 e. The molecule has 4 nitrogen and oxygen atoms in total. The van der Waals surface area contributed by atoms with Crippen LogP contribution in [0.25, 0.3) is 11.1 Å². The van der Waals surface area contributed by atoms with Crippen LogP contribution in [0.2, 0.25) is 0 Å². The summed E-state index contributed by atoms with van der Waals surface area (Å²) in [6.45, 7) is 0. The molecule has 0 saturated heterocycles. The van der Waals surface area contributed by atoms with Crippen molar-refractivity contribution >= 4 is 11.6 Å². The lowest BCUT2D eigenvalue weighted by Crippen LogP contribution is -2.17. The van der Waals surface area contributed by atoms with Crippen molar-refractivity contribution in [2.75, 3.05) is 7.05 Å². The highest BCUT2D eigenvalue weighted by molar-refractivity contribution is 6.17. The summed E-state index contributed by atoms with van der Waals surface area (Å²) in [7, 11) is 1.57. The van der Waals surface area contributed by atoms with E-state index in [1.54, 1.807) is 37.5 Å². The van der Waals surface area contributed by atoms with E-state index in [2.05, 4.69) is 10.3 Å². The number of hydrogen-bond donors (Lipinski definition) is 1. The predicted molar refractivity (Wildman–Crippen MR) is 116 cm³/mol. The van der Waals surface area contributed by atoms with E-state index >= 15 is 0 Å². The first-order valence-electron chi connectivity index (χ1n) is 10.4. The molecule has 2 unspecified atom stereocenters. The maximum absolute atomic E-state index is 13.4. The smallest absolute Gasteiger partial charge is 0.355 e. The van der Waals surface area contributed by atoms with Gasteiger partial charge in [0.2, 0.25) is 0 Å². The van der Waals surface area contributed by atoms with E-state index in [9.17, 15) is 18.0 Å². The van der Waals surface area contributed by atoms with E-state index in [1.165, 1.54) is 6.07 Å². The molecule has 3 aromatic rings. The van der Waals surface area contributed by atoms with Crippen molar-refractivity contribution in [2.24, 2.45) is 10.9 Å². The minimum atomic E-state index is -4.44. The third-order valence-electron chi connectivity index (χ3n) is 6.03. The van der Waals surface area contributed by atoms with Crippen LogP contribution < -0.4 is 5.32 Å². The zero-order valence-electron chi connectivity index (χ0n) is 17.3. The number of carbonyl (C=O) groups excluding carboxylic acids is 1. The highest BCUT2D eigenvalue weighted by Gasteiger charge is 2.41. The number of fused-ring (bicyclic) bond motifs is 2. The summed E-state index contributed by atoms with van der Waals surface area (Å²) >= 11 is 0. The average molecular weight is 435 g/mol. The number of aliphatic imine (C=N–C) groups is 1. The number of hydrogen-bond acceptors (Lipinski definition) is 3. The number of amides is 1. The molecule has 1 aliphatic carbocycles. The van der Waals surface area contributed by atoms with Crippen molar-refractivity contribution in [1.82, 2.24) is 10.3 Å².